The fourth-order valence-electron chi connectivity index (χ4n) is 6.00. The van der Waals surface area contributed by atoms with Crippen molar-refractivity contribution in [3.05, 3.63) is 70.3 Å². The molecule has 0 saturated carbocycles. The summed E-state index contributed by atoms with van der Waals surface area (Å²) in [6, 6.07) is 13.1. The van der Waals surface area contributed by atoms with Crippen LogP contribution < -0.4 is 10.6 Å². The molecule has 2 aliphatic heterocycles. The molecule has 2 aliphatic rings. The van der Waals surface area contributed by atoms with Gasteiger partial charge < -0.3 is 45.4 Å². The van der Waals surface area contributed by atoms with Gasteiger partial charge in [-0.15, -0.1) is 0 Å². The normalized spacial score (nSPS) is 27.0. The quantitative estimate of drug-likeness (QED) is 0.190. The molecule has 2 amide bonds. The molecular weight excluding hydrogens is 578 g/mol. The van der Waals surface area contributed by atoms with Gasteiger partial charge in [-0.25, -0.2) is 0 Å². The Balaban J connectivity index is 1.35. The van der Waals surface area contributed by atoms with Crippen LogP contribution in [0.3, 0.4) is 0 Å². The van der Waals surface area contributed by atoms with Crippen LogP contribution in [-0.4, -0.2) is 106 Å². The summed E-state index contributed by atoms with van der Waals surface area (Å²) in [5.41, 5.74) is 1.44. The number of aryl methyl sites for hydroxylation is 2. The molecule has 0 aliphatic carbocycles. The molecule has 6 N–H and O–H groups in total. The van der Waals surface area contributed by atoms with Gasteiger partial charge in [-0.05, 0) is 89.4 Å². The lowest BCUT2D eigenvalue weighted by Gasteiger charge is -2.50. The van der Waals surface area contributed by atoms with Gasteiger partial charge in [0.25, 0.3) is 0 Å². The molecule has 2 aromatic carbocycles. The Morgan fingerprint density at radius 3 is 2.38 bits per heavy atom. The number of ether oxygens (including phenoxy) is 2. The molecule has 2 bridgehead atoms. The van der Waals surface area contributed by atoms with Gasteiger partial charge in [0, 0.05) is 25.1 Å². The number of nitrogens with zero attached hydrogens (tertiary/aromatic N) is 1. The molecule has 248 valence electrons. The van der Waals surface area contributed by atoms with E-state index in [9.17, 15) is 30.0 Å². The Labute approximate surface area is 265 Å². The molecular formula is C34H49N3O8. The van der Waals surface area contributed by atoms with E-state index in [0.717, 1.165) is 35.2 Å². The van der Waals surface area contributed by atoms with Crippen LogP contribution in [0.4, 0.5) is 0 Å². The van der Waals surface area contributed by atoms with Gasteiger partial charge in [0.15, 0.2) is 5.60 Å². The van der Waals surface area contributed by atoms with Crippen LogP contribution in [0.1, 0.15) is 61.4 Å². The number of carbonyl (C=O) groups excluding carboxylic acids is 2. The molecule has 6 atom stereocenters. The second-order valence-electron chi connectivity index (χ2n) is 13.3. The van der Waals surface area contributed by atoms with Crippen molar-refractivity contribution in [2.45, 2.75) is 94.7 Å². The number of fused-ring (bicyclic) bond motifs is 2. The van der Waals surface area contributed by atoms with Crippen molar-refractivity contribution in [1.82, 2.24) is 15.5 Å². The molecule has 0 aromatic heterocycles. The third kappa shape index (κ3) is 7.41. The number of rotatable bonds is 13. The van der Waals surface area contributed by atoms with Crippen molar-refractivity contribution in [2.75, 3.05) is 33.8 Å². The molecule has 4 rings (SSSR count). The monoisotopic (exact) mass is 627 g/mol. The van der Waals surface area contributed by atoms with Gasteiger partial charge >= 0.3 is 0 Å². The number of benzene rings is 2. The minimum Gasteiger partial charge on any atom is -0.387 e. The molecule has 2 fully saturated rings. The summed E-state index contributed by atoms with van der Waals surface area (Å²) in [6.07, 6.45) is -2.43. The number of nitrogens with one attached hydrogen (secondary N) is 2. The third-order valence-electron chi connectivity index (χ3n) is 9.05. The zero-order valence-electron chi connectivity index (χ0n) is 27.2. The summed E-state index contributed by atoms with van der Waals surface area (Å²) in [6.45, 7) is 7.68. The smallest absolute Gasteiger partial charge is 0.242 e. The van der Waals surface area contributed by atoms with Crippen molar-refractivity contribution in [3.63, 3.8) is 0 Å². The van der Waals surface area contributed by atoms with E-state index in [0.29, 0.717) is 31.4 Å². The van der Waals surface area contributed by atoms with E-state index in [1.54, 1.807) is 13.0 Å². The minimum atomic E-state index is -1.75. The van der Waals surface area contributed by atoms with E-state index in [1.807, 2.05) is 62.3 Å². The molecule has 11 heteroatoms. The van der Waals surface area contributed by atoms with E-state index in [2.05, 4.69) is 10.6 Å². The van der Waals surface area contributed by atoms with Crippen LogP contribution in [0.15, 0.2) is 42.5 Å². The lowest BCUT2D eigenvalue weighted by Crippen LogP contribution is -2.70. The first-order valence-corrected chi connectivity index (χ1v) is 15.6. The topological polar surface area (TPSA) is 161 Å². The molecule has 1 unspecified atom stereocenters. The lowest BCUT2D eigenvalue weighted by atomic mass is 9.75. The molecule has 45 heavy (non-hydrogen) atoms. The molecule has 0 spiro atoms. The van der Waals surface area contributed by atoms with E-state index in [-0.39, 0.29) is 18.4 Å². The molecule has 2 aromatic rings. The maximum atomic E-state index is 12.4. The summed E-state index contributed by atoms with van der Waals surface area (Å²) in [4.78, 5) is 26.5. The van der Waals surface area contributed by atoms with Gasteiger partial charge in [0.2, 0.25) is 17.6 Å². The largest absolute Gasteiger partial charge is 0.387 e. The van der Waals surface area contributed by atoms with Crippen molar-refractivity contribution in [3.8, 4) is 0 Å². The Kier molecular flexibility index (Phi) is 10.8. The predicted octanol–water partition coefficient (Wildman–Crippen LogP) is 0.897. The molecule has 2 heterocycles. The highest BCUT2D eigenvalue weighted by molar-refractivity contribution is 5.87. The zero-order valence-corrected chi connectivity index (χ0v) is 27.2. The molecule has 11 nitrogen and oxygen atoms in total. The lowest BCUT2D eigenvalue weighted by molar-refractivity contribution is -0.348. The van der Waals surface area contributed by atoms with E-state index < -0.39 is 41.3 Å². The maximum absolute atomic E-state index is 12.4. The molecule has 0 radical (unpaired) electrons. The average molecular weight is 628 g/mol. The maximum Gasteiger partial charge on any atom is 0.242 e. The standard InChI is InChI=1S/C34H49N3O8/c1-21-10-15-26(34-30(41)28(39)29(40)33(45-34,20-44-34)32(3,4)43)19-25(21)18-24-13-11-23(12-14-24)8-7-9-27(38)36-22(2)31(42)35-16-17-37(5)6/h10-15,19,22,28-30,39-41,43H,7-9,16-18,20H2,1-6H3,(H,35,42)(H,36,38)/t22?,28-,29-,30+,33-,34-/m0/s1. The van der Waals surface area contributed by atoms with Crippen LogP contribution in [0.25, 0.3) is 0 Å². The SMILES string of the molecule is Cc1ccc([C@]23OC[C@](C(C)(C)O)(O2)[C@@H](O)[C@H](O)[C@H]3O)cc1Cc1ccc(CCCC(=O)NC(C)C(=O)NCCN(C)C)cc1. The van der Waals surface area contributed by atoms with E-state index in [1.165, 1.54) is 13.8 Å². The fourth-order valence-corrected chi connectivity index (χ4v) is 6.00. The third-order valence-corrected chi connectivity index (χ3v) is 9.05. The summed E-state index contributed by atoms with van der Waals surface area (Å²) >= 11 is 0. The number of hydrogen-bond acceptors (Lipinski definition) is 9. The second-order valence-corrected chi connectivity index (χ2v) is 13.3. The highest BCUT2D eigenvalue weighted by atomic mass is 16.8. The number of aliphatic hydroxyl groups is 4. The predicted molar refractivity (Wildman–Crippen MR) is 168 cm³/mol. The van der Waals surface area contributed by atoms with Crippen molar-refractivity contribution < 1.29 is 39.5 Å². The minimum absolute atomic E-state index is 0.156. The van der Waals surface area contributed by atoms with Gasteiger partial charge in [-0.2, -0.15) is 0 Å². The first-order valence-electron chi connectivity index (χ1n) is 15.6. The highest BCUT2D eigenvalue weighted by Crippen LogP contribution is 2.53. The summed E-state index contributed by atoms with van der Waals surface area (Å²) < 4.78 is 12.2. The van der Waals surface area contributed by atoms with Crippen LogP contribution in [-0.2, 0) is 37.7 Å². The number of carbonyl (C=O) groups is 2. The fraction of sp³-hybridized carbons (Fsp3) is 0.588. The van der Waals surface area contributed by atoms with Crippen LogP contribution in [0, 0.1) is 6.92 Å². The van der Waals surface area contributed by atoms with E-state index >= 15 is 0 Å². The van der Waals surface area contributed by atoms with Gasteiger partial charge in [0.1, 0.15) is 24.4 Å². The Morgan fingerprint density at radius 2 is 1.73 bits per heavy atom. The highest BCUT2D eigenvalue weighted by Gasteiger charge is 2.71. The Bertz CT molecular complexity index is 1340. The number of hydrogen-bond donors (Lipinski definition) is 6. The van der Waals surface area contributed by atoms with Crippen molar-refractivity contribution in [1.29, 1.82) is 0 Å². The van der Waals surface area contributed by atoms with Gasteiger partial charge in [-0.3, -0.25) is 9.59 Å². The van der Waals surface area contributed by atoms with Gasteiger partial charge in [-0.1, -0.05) is 36.4 Å². The van der Waals surface area contributed by atoms with Gasteiger partial charge in [0.05, 0.1) is 12.2 Å². The number of amides is 2. The van der Waals surface area contributed by atoms with Crippen molar-refractivity contribution >= 4 is 11.8 Å². The van der Waals surface area contributed by atoms with E-state index in [4.69, 9.17) is 9.47 Å². The van der Waals surface area contributed by atoms with Crippen LogP contribution >= 0.6 is 0 Å². The summed E-state index contributed by atoms with van der Waals surface area (Å²) in [5.74, 6) is -2.10. The average Bonchev–Trinajstić information content (AvgIpc) is 3.38. The Morgan fingerprint density at radius 1 is 1.07 bits per heavy atom. The van der Waals surface area contributed by atoms with Crippen LogP contribution in [0.5, 0.6) is 0 Å². The second kappa shape index (κ2) is 13.8. The number of aliphatic hydroxyl groups excluding tert-OH is 3. The summed E-state index contributed by atoms with van der Waals surface area (Å²) in [5, 5.41) is 49.0. The number of likely N-dealkylation sites (N-methyl/N-ethyl adjacent to an activating group) is 1. The van der Waals surface area contributed by atoms with Crippen LogP contribution in [0.2, 0.25) is 0 Å². The first kappa shape index (κ1) is 35.0. The Hall–Kier alpha value is -2.90. The summed E-state index contributed by atoms with van der Waals surface area (Å²) in [7, 11) is 3.86. The molecule has 2 saturated heterocycles. The van der Waals surface area contributed by atoms with Crippen molar-refractivity contribution in [2.24, 2.45) is 0 Å². The zero-order chi connectivity index (χ0) is 33.2. The first-order chi connectivity index (χ1) is 21.1.